The number of thiophene rings is 1. The molecule has 0 saturated carbocycles. The van der Waals surface area contributed by atoms with Crippen LogP contribution in [0.4, 0.5) is 0 Å². The number of likely N-dealkylation sites (N-methyl/N-ethyl adjacent to an activating group) is 1. The van der Waals surface area contributed by atoms with Crippen molar-refractivity contribution in [2.24, 2.45) is 0 Å². The maximum atomic E-state index is 5.72. The largest absolute Gasteiger partial charge is 0.496 e. The van der Waals surface area contributed by atoms with E-state index in [1.54, 1.807) is 11.3 Å². The molecule has 0 aromatic carbocycles. The number of rotatable bonds is 3. The Kier molecular flexibility index (Phi) is 4.05. The Bertz CT molecular complexity index is 380. The van der Waals surface area contributed by atoms with Crippen molar-refractivity contribution < 1.29 is 4.74 Å². The summed E-state index contributed by atoms with van der Waals surface area (Å²) >= 11 is 5.34. The van der Waals surface area contributed by atoms with Crippen LogP contribution in [0.3, 0.4) is 0 Å². The van der Waals surface area contributed by atoms with Crippen LogP contribution in [0.25, 0.3) is 0 Å². The third kappa shape index (κ3) is 2.50. The molecule has 2 nitrogen and oxygen atoms in total. The normalized spacial score (nSPS) is 17.8. The number of ether oxygens (including phenoxy) is 1. The molecule has 1 unspecified atom stereocenters. The van der Waals surface area contributed by atoms with Crippen LogP contribution in [0.15, 0.2) is 21.7 Å². The van der Waals surface area contributed by atoms with E-state index in [0.717, 1.165) is 25.2 Å². The molecule has 1 aliphatic heterocycles. The number of allylic oxidation sites excluding steroid dienone is 1. The third-order valence-electron chi connectivity index (χ3n) is 2.70. The van der Waals surface area contributed by atoms with Crippen molar-refractivity contribution in [1.29, 1.82) is 0 Å². The zero-order valence-corrected chi connectivity index (χ0v) is 12.0. The monoisotopic (exact) mass is 301 g/mol. The van der Waals surface area contributed by atoms with Gasteiger partial charge in [0.2, 0.25) is 0 Å². The van der Waals surface area contributed by atoms with Crippen molar-refractivity contribution in [1.82, 2.24) is 5.32 Å². The van der Waals surface area contributed by atoms with Gasteiger partial charge >= 0.3 is 0 Å². The Labute approximate surface area is 109 Å². The fourth-order valence-electron chi connectivity index (χ4n) is 1.83. The molecule has 0 fully saturated rings. The summed E-state index contributed by atoms with van der Waals surface area (Å²) in [6, 6.07) is 2.42. The summed E-state index contributed by atoms with van der Waals surface area (Å²) in [5.74, 6) is 1.07. The molecule has 1 aromatic rings. The molecule has 0 aliphatic carbocycles. The molecule has 0 bridgehead atoms. The number of aryl methyl sites for hydroxylation is 1. The molecule has 16 heavy (non-hydrogen) atoms. The lowest BCUT2D eigenvalue weighted by molar-refractivity contribution is 0.170. The second kappa shape index (κ2) is 5.34. The Morgan fingerprint density at radius 1 is 1.56 bits per heavy atom. The third-order valence-corrected chi connectivity index (χ3v) is 4.90. The molecule has 2 rings (SSSR count). The first kappa shape index (κ1) is 12.1. The maximum Gasteiger partial charge on any atom is 0.114 e. The highest BCUT2D eigenvalue weighted by Crippen LogP contribution is 2.35. The van der Waals surface area contributed by atoms with Gasteiger partial charge in [0.1, 0.15) is 5.76 Å². The Hall–Kier alpha value is -0.320. The van der Waals surface area contributed by atoms with Gasteiger partial charge in [0.15, 0.2) is 0 Å². The van der Waals surface area contributed by atoms with Gasteiger partial charge < -0.3 is 10.1 Å². The molecule has 1 aliphatic rings. The first-order valence-corrected chi connectivity index (χ1v) is 7.09. The fraction of sp³-hybridized carbons (Fsp3) is 0.500. The van der Waals surface area contributed by atoms with E-state index in [2.05, 4.69) is 40.3 Å². The van der Waals surface area contributed by atoms with E-state index in [9.17, 15) is 0 Å². The second-order valence-corrected chi connectivity index (χ2v) is 6.33. The number of nitrogens with one attached hydrogen (secondary N) is 1. The number of hydrogen-bond acceptors (Lipinski definition) is 3. The summed E-state index contributed by atoms with van der Waals surface area (Å²) in [6.07, 6.45) is 4.46. The molecule has 88 valence electrons. The van der Waals surface area contributed by atoms with Crippen LogP contribution >= 0.6 is 27.3 Å². The van der Waals surface area contributed by atoms with Crippen molar-refractivity contribution in [2.45, 2.75) is 25.8 Å². The van der Waals surface area contributed by atoms with Gasteiger partial charge in [0.25, 0.3) is 0 Å². The topological polar surface area (TPSA) is 21.3 Å². The van der Waals surface area contributed by atoms with Crippen LogP contribution in [-0.2, 0) is 4.74 Å². The minimum absolute atomic E-state index is 0.204. The van der Waals surface area contributed by atoms with E-state index in [0.29, 0.717) is 0 Å². The number of hydrogen-bond donors (Lipinski definition) is 1. The highest BCUT2D eigenvalue weighted by molar-refractivity contribution is 9.11. The summed E-state index contributed by atoms with van der Waals surface area (Å²) in [4.78, 5) is 1.31. The summed E-state index contributed by atoms with van der Waals surface area (Å²) in [5, 5.41) is 3.32. The smallest absolute Gasteiger partial charge is 0.114 e. The molecule has 2 heterocycles. The predicted octanol–water partition coefficient (Wildman–Crippen LogP) is 3.77. The van der Waals surface area contributed by atoms with Crippen LogP contribution in [0.2, 0.25) is 0 Å². The van der Waals surface area contributed by atoms with E-state index in [4.69, 9.17) is 4.74 Å². The summed E-state index contributed by atoms with van der Waals surface area (Å²) in [7, 11) is 1.98. The minimum Gasteiger partial charge on any atom is -0.496 e. The van der Waals surface area contributed by atoms with E-state index in [1.807, 2.05) is 7.05 Å². The molecular weight excluding hydrogens is 286 g/mol. The summed E-state index contributed by atoms with van der Waals surface area (Å²) in [6.45, 7) is 2.96. The molecule has 4 heteroatoms. The average molecular weight is 302 g/mol. The van der Waals surface area contributed by atoms with Crippen LogP contribution in [0, 0.1) is 6.92 Å². The maximum absolute atomic E-state index is 5.72. The SMILES string of the molecule is CNC(C1=CCCCO1)c1cc(C)c(Br)s1. The fourth-order valence-corrected chi connectivity index (χ4v) is 3.52. The highest BCUT2D eigenvalue weighted by atomic mass is 79.9. The van der Waals surface area contributed by atoms with E-state index in [-0.39, 0.29) is 6.04 Å². The Balaban J connectivity index is 2.24. The Morgan fingerprint density at radius 3 is 2.88 bits per heavy atom. The van der Waals surface area contributed by atoms with Crippen molar-refractivity contribution in [2.75, 3.05) is 13.7 Å². The van der Waals surface area contributed by atoms with Gasteiger partial charge in [0.05, 0.1) is 16.4 Å². The quantitative estimate of drug-likeness (QED) is 0.917. The summed E-state index contributed by atoms with van der Waals surface area (Å²) in [5.41, 5.74) is 1.29. The number of halogens is 1. The standard InChI is InChI=1S/C12H16BrNOS/c1-8-7-10(16-12(8)13)11(14-2)9-5-3-4-6-15-9/h5,7,11,14H,3-4,6H2,1-2H3. The zero-order chi connectivity index (χ0) is 11.5. The van der Waals surface area contributed by atoms with Gasteiger partial charge in [-0.2, -0.15) is 0 Å². The van der Waals surface area contributed by atoms with Gasteiger partial charge in [-0.05, 0) is 60.4 Å². The van der Waals surface area contributed by atoms with E-state index in [1.165, 1.54) is 14.2 Å². The van der Waals surface area contributed by atoms with Crippen molar-refractivity contribution in [3.05, 3.63) is 32.1 Å². The van der Waals surface area contributed by atoms with Crippen molar-refractivity contribution in [3.63, 3.8) is 0 Å². The van der Waals surface area contributed by atoms with Crippen LogP contribution < -0.4 is 5.32 Å². The lowest BCUT2D eigenvalue weighted by Crippen LogP contribution is -2.21. The predicted molar refractivity (Wildman–Crippen MR) is 71.8 cm³/mol. The van der Waals surface area contributed by atoms with Crippen molar-refractivity contribution >= 4 is 27.3 Å². The second-order valence-electron chi connectivity index (χ2n) is 3.92. The van der Waals surface area contributed by atoms with Crippen LogP contribution in [0.1, 0.15) is 29.3 Å². The summed E-state index contributed by atoms with van der Waals surface area (Å²) < 4.78 is 6.93. The van der Waals surface area contributed by atoms with Gasteiger partial charge in [-0.15, -0.1) is 11.3 Å². The van der Waals surface area contributed by atoms with Crippen molar-refractivity contribution in [3.8, 4) is 0 Å². The first-order valence-electron chi connectivity index (χ1n) is 5.48. The molecular formula is C12H16BrNOS. The molecule has 0 radical (unpaired) electrons. The lowest BCUT2D eigenvalue weighted by atomic mass is 10.1. The van der Waals surface area contributed by atoms with Gasteiger partial charge in [-0.25, -0.2) is 0 Å². The highest BCUT2D eigenvalue weighted by Gasteiger charge is 2.20. The lowest BCUT2D eigenvalue weighted by Gasteiger charge is -2.22. The van der Waals surface area contributed by atoms with Crippen LogP contribution in [-0.4, -0.2) is 13.7 Å². The zero-order valence-electron chi connectivity index (χ0n) is 9.55. The molecule has 1 atom stereocenters. The molecule has 0 spiro atoms. The van der Waals surface area contributed by atoms with E-state index >= 15 is 0 Å². The van der Waals surface area contributed by atoms with Gasteiger partial charge in [0, 0.05) is 4.88 Å². The van der Waals surface area contributed by atoms with Gasteiger partial charge in [-0.1, -0.05) is 0 Å². The molecule has 1 aromatic heterocycles. The molecule has 1 N–H and O–H groups in total. The van der Waals surface area contributed by atoms with E-state index < -0.39 is 0 Å². The first-order chi connectivity index (χ1) is 7.72. The minimum atomic E-state index is 0.204. The molecule has 0 saturated heterocycles. The van der Waals surface area contributed by atoms with Gasteiger partial charge in [-0.3, -0.25) is 0 Å². The average Bonchev–Trinajstić information content (AvgIpc) is 2.61. The Morgan fingerprint density at radius 2 is 2.38 bits per heavy atom. The van der Waals surface area contributed by atoms with Crippen LogP contribution in [0.5, 0.6) is 0 Å². The molecule has 0 amide bonds.